The summed E-state index contributed by atoms with van der Waals surface area (Å²) in [6.07, 6.45) is 0.441. The Hall–Kier alpha value is -2.30. The first-order valence-electron chi connectivity index (χ1n) is 5.49. The van der Waals surface area contributed by atoms with Crippen LogP contribution < -0.4 is 5.32 Å². The molecule has 0 aliphatic heterocycles. The molecule has 0 aliphatic rings. The Morgan fingerprint density at radius 3 is 2.56 bits per heavy atom. The second kappa shape index (κ2) is 5.86. The van der Waals surface area contributed by atoms with Crippen LogP contribution in [0.25, 0.3) is 0 Å². The number of anilines is 1. The molecule has 0 amide bonds. The summed E-state index contributed by atoms with van der Waals surface area (Å²) in [6.45, 7) is 0.712. The molecule has 3 nitrogen and oxygen atoms in total. The van der Waals surface area contributed by atoms with E-state index in [1.807, 2.05) is 35.7 Å². The zero-order valence-electron chi connectivity index (χ0n) is 9.68. The third kappa shape index (κ3) is 3.10. The number of benzene rings is 1. The summed E-state index contributed by atoms with van der Waals surface area (Å²) in [4.78, 5) is 1.13. The summed E-state index contributed by atoms with van der Waals surface area (Å²) < 4.78 is 0. The normalized spacial score (nSPS) is 9.44. The van der Waals surface area contributed by atoms with E-state index in [1.165, 1.54) is 0 Å². The van der Waals surface area contributed by atoms with Gasteiger partial charge in [0.25, 0.3) is 0 Å². The first kappa shape index (κ1) is 12.2. The van der Waals surface area contributed by atoms with Crippen LogP contribution in [0.5, 0.6) is 0 Å². The molecule has 1 aromatic heterocycles. The monoisotopic (exact) mass is 253 g/mol. The molecule has 88 valence electrons. The molecule has 1 N–H and O–H groups in total. The second-order valence-electron chi connectivity index (χ2n) is 3.80. The second-order valence-corrected chi connectivity index (χ2v) is 4.79. The summed E-state index contributed by atoms with van der Waals surface area (Å²) in [5.41, 5.74) is 2.75. The van der Waals surface area contributed by atoms with E-state index in [1.54, 1.807) is 11.3 Å². The van der Waals surface area contributed by atoms with Crippen molar-refractivity contribution in [2.45, 2.75) is 13.0 Å². The number of hydrogen-bond donors (Lipinski definition) is 1. The van der Waals surface area contributed by atoms with Gasteiger partial charge in [-0.1, -0.05) is 12.1 Å². The number of nitriles is 2. The van der Waals surface area contributed by atoms with Gasteiger partial charge < -0.3 is 5.32 Å². The van der Waals surface area contributed by atoms with E-state index >= 15 is 0 Å². The number of thiophene rings is 1. The van der Waals surface area contributed by atoms with Crippen molar-refractivity contribution in [3.05, 3.63) is 51.7 Å². The van der Waals surface area contributed by atoms with Crippen LogP contribution in [0, 0.1) is 22.7 Å². The smallest absolute Gasteiger partial charge is 0.100 e. The van der Waals surface area contributed by atoms with Gasteiger partial charge in [-0.2, -0.15) is 10.5 Å². The molecule has 4 heteroatoms. The summed E-state index contributed by atoms with van der Waals surface area (Å²) in [5.74, 6) is 0. The van der Waals surface area contributed by atoms with Crippen molar-refractivity contribution in [1.29, 1.82) is 10.5 Å². The number of nitrogens with one attached hydrogen (secondary N) is 1. The van der Waals surface area contributed by atoms with Crippen LogP contribution >= 0.6 is 11.3 Å². The third-order valence-electron chi connectivity index (χ3n) is 2.49. The van der Waals surface area contributed by atoms with Crippen LogP contribution in [0.3, 0.4) is 0 Å². The van der Waals surface area contributed by atoms with Gasteiger partial charge in [0.1, 0.15) is 6.07 Å². The fourth-order valence-electron chi connectivity index (χ4n) is 1.55. The van der Waals surface area contributed by atoms with E-state index in [0.717, 1.165) is 16.1 Å². The molecule has 0 spiro atoms. The summed E-state index contributed by atoms with van der Waals surface area (Å²) in [6, 6.07) is 13.9. The molecule has 1 heterocycles. The Morgan fingerprint density at radius 1 is 1.17 bits per heavy atom. The highest BCUT2D eigenvalue weighted by Crippen LogP contribution is 2.16. The quantitative estimate of drug-likeness (QED) is 0.909. The maximum absolute atomic E-state index is 8.73. The Labute approximate surface area is 110 Å². The lowest BCUT2D eigenvalue weighted by atomic mass is 10.1. The molecule has 2 aromatic rings. The highest BCUT2D eigenvalue weighted by atomic mass is 32.1. The maximum atomic E-state index is 8.73. The molecule has 18 heavy (non-hydrogen) atoms. The van der Waals surface area contributed by atoms with Gasteiger partial charge in [-0.25, -0.2) is 0 Å². The molecule has 0 saturated carbocycles. The third-order valence-corrected chi connectivity index (χ3v) is 3.42. The van der Waals surface area contributed by atoms with E-state index in [-0.39, 0.29) is 0 Å². The van der Waals surface area contributed by atoms with Gasteiger partial charge in [-0.3, -0.25) is 0 Å². The van der Waals surface area contributed by atoms with Crippen molar-refractivity contribution in [2.75, 3.05) is 5.32 Å². The van der Waals surface area contributed by atoms with E-state index in [9.17, 15) is 0 Å². The Bertz CT molecular complexity index is 599. The molecule has 0 bridgehead atoms. The van der Waals surface area contributed by atoms with Crippen LogP contribution in [-0.2, 0) is 13.0 Å². The van der Waals surface area contributed by atoms with Gasteiger partial charge in [0, 0.05) is 22.5 Å². The predicted molar refractivity (Wildman–Crippen MR) is 72.1 cm³/mol. The highest BCUT2D eigenvalue weighted by Gasteiger charge is 1.99. The van der Waals surface area contributed by atoms with E-state index in [4.69, 9.17) is 10.5 Å². The Balaban J connectivity index is 1.94. The zero-order valence-corrected chi connectivity index (χ0v) is 10.5. The van der Waals surface area contributed by atoms with Gasteiger partial charge in [0.05, 0.1) is 18.1 Å². The summed E-state index contributed by atoms with van der Waals surface area (Å²) >= 11 is 1.58. The van der Waals surface area contributed by atoms with Gasteiger partial charge >= 0.3 is 0 Å². The molecule has 0 fully saturated rings. The molecule has 2 rings (SSSR count). The van der Waals surface area contributed by atoms with Gasteiger partial charge in [-0.05, 0) is 23.8 Å². The molecule has 0 radical (unpaired) electrons. The van der Waals surface area contributed by atoms with Gasteiger partial charge in [0.15, 0.2) is 0 Å². The van der Waals surface area contributed by atoms with Crippen molar-refractivity contribution in [3.8, 4) is 12.1 Å². The number of hydrogen-bond acceptors (Lipinski definition) is 4. The van der Waals surface area contributed by atoms with Gasteiger partial charge in [-0.15, -0.1) is 11.3 Å². The van der Waals surface area contributed by atoms with Crippen LogP contribution in [0.2, 0.25) is 0 Å². The van der Waals surface area contributed by atoms with Crippen molar-refractivity contribution >= 4 is 17.0 Å². The predicted octanol–water partition coefficient (Wildman–Crippen LogP) is 3.30. The topological polar surface area (TPSA) is 59.6 Å². The maximum Gasteiger partial charge on any atom is 0.100 e. The molecular weight excluding hydrogens is 242 g/mol. The molecule has 0 unspecified atom stereocenters. The lowest BCUT2D eigenvalue weighted by molar-refractivity contribution is 1.18. The van der Waals surface area contributed by atoms with E-state index in [0.29, 0.717) is 18.5 Å². The van der Waals surface area contributed by atoms with Crippen LogP contribution in [0.1, 0.15) is 16.0 Å². The molecular formula is C14H11N3S. The van der Waals surface area contributed by atoms with Crippen LogP contribution in [0.4, 0.5) is 5.69 Å². The first-order chi connectivity index (χ1) is 8.81. The minimum absolute atomic E-state index is 0.441. The fraction of sp³-hybridized carbons (Fsp3) is 0.143. The van der Waals surface area contributed by atoms with E-state index < -0.39 is 0 Å². The van der Waals surface area contributed by atoms with Gasteiger partial charge in [0.2, 0.25) is 0 Å². The van der Waals surface area contributed by atoms with Crippen molar-refractivity contribution < 1.29 is 0 Å². The number of nitrogens with zero attached hydrogens (tertiary/aromatic N) is 2. The van der Waals surface area contributed by atoms with Crippen LogP contribution in [0.15, 0.2) is 35.7 Å². The lowest BCUT2D eigenvalue weighted by Gasteiger charge is -2.05. The highest BCUT2D eigenvalue weighted by molar-refractivity contribution is 7.10. The molecule has 0 atom stereocenters. The minimum atomic E-state index is 0.441. The van der Waals surface area contributed by atoms with Crippen molar-refractivity contribution in [1.82, 2.24) is 0 Å². The average Bonchev–Trinajstić information content (AvgIpc) is 2.86. The molecule has 0 aliphatic carbocycles. The van der Waals surface area contributed by atoms with Crippen molar-refractivity contribution in [2.24, 2.45) is 0 Å². The summed E-state index contributed by atoms with van der Waals surface area (Å²) in [7, 11) is 0. The Kier molecular flexibility index (Phi) is 3.96. The SMILES string of the molecule is N#CCc1ccc(NCc2cc(C#N)cs2)cc1. The van der Waals surface area contributed by atoms with E-state index in [2.05, 4.69) is 17.5 Å². The average molecular weight is 253 g/mol. The molecule has 0 saturated heterocycles. The fourth-order valence-corrected chi connectivity index (χ4v) is 2.30. The largest absolute Gasteiger partial charge is 0.380 e. The standard InChI is InChI=1S/C14H11N3S/c15-6-5-11-1-3-13(4-2-11)17-9-14-7-12(8-16)10-18-14/h1-4,7,10,17H,5,9H2. The van der Waals surface area contributed by atoms with Crippen LogP contribution in [-0.4, -0.2) is 0 Å². The Morgan fingerprint density at radius 2 is 1.94 bits per heavy atom. The molecule has 1 aromatic carbocycles. The first-order valence-corrected chi connectivity index (χ1v) is 6.37. The number of rotatable bonds is 4. The lowest BCUT2D eigenvalue weighted by Crippen LogP contribution is -1.97. The van der Waals surface area contributed by atoms with Crippen molar-refractivity contribution in [3.63, 3.8) is 0 Å². The zero-order chi connectivity index (χ0) is 12.8. The minimum Gasteiger partial charge on any atom is -0.380 e. The summed E-state index contributed by atoms with van der Waals surface area (Å²) in [5, 5.41) is 22.4.